The van der Waals surface area contributed by atoms with Crippen molar-refractivity contribution in [3.8, 4) is 5.75 Å². The summed E-state index contributed by atoms with van der Waals surface area (Å²) < 4.78 is 91.7. The van der Waals surface area contributed by atoms with Crippen LogP contribution in [-0.4, -0.2) is 46.2 Å². The van der Waals surface area contributed by atoms with Crippen molar-refractivity contribution in [1.82, 2.24) is 9.78 Å². The van der Waals surface area contributed by atoms with Crippen LogP contribution in [0.3, 0.4) is 0 Å². The van der Waals surface area contributed by atoms with Gasteiger partial charge in [0.25, 0.3) is 0 Å². The number of fused-ring (bicyclic) bond motifs is 2. The van der Waals surface area contributed by atoms with Gasteiger partial charge in [-0.2, -0.15) is 31.4 Å². The van der Waals surface area contributed by atoms with Crippen LogP contribution in [0.5, 0.6) is 5.75 Å². The smallest absolute Gasteiger partial charge is 0.435 e. The molecule has 33 heavy (non-hydrogen) atoms. The van der Waals surface area contributed by atoms with Gasteiger partial charge >= 0.3 is 12.4 Å². The Morgan fingerprint density at radius 2 is 1.94 bits per heavy atom. The van der Waals surface area contributed by atoms with Crippen molar-refractivity contribution < 1.29 is 45.7 Å². The topological polar surface area (TPSA) is 85.6 Å². The van der Waals surface area contributed by atoms with Crippen LogP contribution in [0, 0.1) is 5.92 Å². The fourth-order valence-corrected chi connectivity index (χ4v) is 4.58. The van der Waals surface area contributed by atoms with E-state index in [4.69, 9.17) is 9.47 Å². The number of methoxy groups -OCH3 is 1. The zero-order valence-electron chi connectivity index (χ0n) is 17.2. The molecule has 1 amide bonds. The van der Waals surface area contributed by atoms with Crippen LogP contribution in [0.4, 0.5) is 32.0 Å². The Hall–Kier alpha value is -2.80. The summed E-state index contributed by atoms with van der Waals surface area (Å²) >= 11 is 0. The van der Waals surface area contributed by atoms with Crippen LogP contribution in [0.25, 0.3) is 0 Å². The molecule has 0 spiro atoms. The first-order chi connectivity index (χ1) is 15.3. The molecular formula is C20H19F6N3O4. The van der Waals surface area contributed by atoms with E-state index >= 15 is 0 Å². The Kier molecular flexibility index (Phi) is 5.60. The van der Waals surface area contributed by atoms with E-state index in [1.807, 2.05) is 0 Å². The molecule has 5 atom stereocenters. The Morgan fingerprint density at radius 1 is 1.24 bits per heavy atom. The van der Waals surface area contributed by atoms with Gasteiger partial charge in [-0.25, -0.2) is 0 Å². The number of carbonyl (C=O) groups excluding carboxylic acids is 1. The fourth-order valence-electron chi connectivity index (χ4n) is 4.58. The Labute approximate surface area is 183 Å². The molecule has 2 aliphatic rings. The number of halogens is 6. The first-order valence-corrected chi connectivity index (χ1v) is 9.81. The van der Waals surface area contributed by atoms with Crippen molar-refractivity contribution in [2.45, 2.75) is 43.0 Å². The van der Waals surface area contributed by atoms with Crippen LogP contribution in [0.15, 0.2) is 24.4 Å². The summed E-state index contributed by atoms with van der Waals surface area (Å²) in [6.45, 7) is 0. The van der Waals surface area contributed by atoms with E-state index in [0.29, 0.717) is 6.07 Å². The molecule has 2 fully saturated rings. The predicted molar refractivity (Wildman–Crippen MR) is 100 cm³/mol. The second-order valence-electron chi connectivity index (χ2n) is 8.00. The maximum Gasteiger partial charge on any atom is 0.435 e. The van der Waals surface area contributed by atoms with E-state index in [1.54, 1.807) is 0 Å². The van der Waals surface area contributed by atoms with Crippen molar-refractivity contribution in [2.24, 2.45) is 13.0 Å². The second kappa shape index (κ2) is 7.90. The number of amides is 1. The largest absolute Gasteiger partial charge is 0.495 e. The molecular weight excluding hydrogens is 460 g/mol. The summed E-state index contributed by atoms with van der Waals surface area (Å²) in [5.41, 5.74) is -2.87. The number of aliphatic hydroxyl groups excluding tert-OH is 1. The molecule has 2 aromatic rings. The summed E-state index contributed by atoms with van der Waals surface area (Å²) in [6.07, 6.45) is -11.5. The minimum absolute atomic E-state index is 0.000588. The number of aliphatic hydroxyl groups is 1. The first kappa shape index (κ1) is 23.4. The highest BCUT2D eigenvalue weighted by Gasteiger charge is 2.59. The lowest BCUT2D eigenvalue weighted by molar-refractivity contribution is -0.143. The molecule has 1 aromatic heterocycles. The minimum Gasteiger partial charge on any atom is -0.495 e. The van der Waals surface area contributed by atoms with Crippen molar-refractivity contribution in [3.05, 3.63) is 41.2 Å². The average Bonchev–Trinajstić information content (AvgIpc) is 3.38. The van der Waals surface area contributed by atoms with Gasteiger partial charge in [0.05, 0.1) is 42.6 Å². The Balaban J connectivity index is 1.71. The van der Waals surface area contributed by atoms with Gasteiger partial charge in [0.2, 0.25) is 5.91 Å². The van der Waals surface area contributed by atoms with Gasteiger partial charge in [0.15, 0.2) is 5.69 Å². The molecule has 3 heterocycles. The fraction of sp³-hybridized carbons (Fsp3) is 0.500. The van der Waals surface area contributed by atoms with Crippen LogP contribution in [0.1, 0.15) is 29.2 Å². The molecule has 2 saturated heterocycles. The van der Waals surface area contributed by atoms with Crippen LogP contribution >= 0.6 is 0 Å². The lowest BCUT2D eigenvalue weighted by atomic mass is 9.73. The average molecular weight is 479 g/mol. The molecule has 2 N–H and O–H groups in total. The van der Waals surface area contributed by atoms with Gasteiger partial charge in [0.1, 0.15) is 5.75 Å². The number of aromatic nitrogens is 2. The normalized spacial score (nSPS) is 27.1. The highest BCUT2D eigenvalue weighted by Crippen LogP contribution is 2.51. The Bertz CT molecular complexity index is 1070. The molecule has 2 bridgehead atoms. The van der Waals surface area contributed by atoms with E-state index in [2.05, 4.69) is 10.4 Å². The van der Waals surface area contributed by atoms with Crippen LogP contribution in [0.2, 0.25) is 0 Å². The number of alkyl halides is 6. The lowest BCUT2D eigenvalue weighted by Crippen LogP contribution is -2.41. The number of nitrogens with one attached hydrogen (secondary N) is 1. The number of carbonyl (C=O) groups is 1. The molecule has 1 aromatic carbocycles. The van der Waals surface area contributed by atoms with Gasteiger partial charge in [-0.1, -0.05) is 0 Å². The number of ether oxygens (including phenoxy) is 2. The maximum atomic E-state index is 13.6. The highest BCUT2D eigenvalue weighted by molar-refractivity contribution is 5.95. The lowest BCUT2D eigenvalue weighted by Gasteiger charge is -2.30. The number of benzene rings is 1. The molecule has 7 nitrogen and oxygen atoms in total. The summed E-state index contributed by atoms with van der Waals surface area (Å²) in [6, 6.07) is 2.49. The SMILES string of the molecule is COc1ccc(C(F)(F)F)cc1NC(=O)[C@@H]1[C@@H](c2cn(C)nc2C(F)(F)F)[C@H]2O[C@@H]1C[C@@H]2O. The zero-order valence-corrected chi connectivity index (χ0v) is 17.2. The monoisotopic (exact) mass is 479 g/mol. The summed E-state index contributed by atoms with van der Waals surface area (Å²) in [4.78, 5) is 13.2. The minimum atomic E-state index is -4.82. The van der Waals surface area contributed by atoms with E-state index < -0.39 is 59.7 Å². The molecule has 4 rings (SSSR count). The Morgan fingerprint density at radius 3 is 2.55 bits per heavy atom. The summed E-state index contributed by atoms with van der Waals surface area (Å²) in [5.74, 6) is -3.33. The van der Waals surface area contributed by atoms with E-state index in [9.17, 15) is 36.2 Å². The molecule has 13 heteroatoms. The molecule has 0 aliphatic carbocycles. The van der Waals surface area contributed by atoms with E-state index in [0.717, 1.165) is 23.0 Å². The van der Waals surface area contributed by atoms with Crippen molar-refractivity contribution in [2.75, 3.05) is 12.4 Å². The van der Waals surface area contributed by atoms with Crippen molar-refractivity contribution >= 4 is 11.6 Å². The van der Waals surface area contributed by atoms with Gasteiger partial charge in [-0.05, 0) is 18.2 Å². The van der Waals surface area contributed by atoms with Crippen molar-refractivity contribution in [1.29, 1.82) is 0 Å². The zero-order chi connectivity index (χ0) is 24.3. The number of anilines is 1. The molecule has 0 unspecified atom stereocenters. The highest BCUT2D eigenvalue weighted by atomic mass is 19.4. The summed E-state index contributed by atoms with van der Waals surface area (Å²) in [7, 11) is 2.48. The van der Waals surface area contributed by atoms with Crippen molar-refractivity contribution in [3.63, 3.8) is 0 Å². The third kappa shape index (κ3) is 4.14. The standard InChI is InChI=1S/C20H19F6N3O4/c1-29-7-9(17(28-29)20(24,25)26)14-15(13-6-11(30)16(14)33-13)18(31)27-10-5-8(19(21,22)23)3-4-12(10)32-2/h3-5,7,11,13-16,30H,6H2,1-2H3,(H,27,31)/t11-,13+,14+,15-,16-/m0/s1. The maximum absolute atomic E-state index is 13.6. The third-order valence-corrected chi connectivity index (χ3v) is 5.90. The predicted octanol–water partition coefficient (Wildman–Crippen LogP) is 3.34. The van der Waals surface area contributed by atoms with Crippen LogP contribution in [-0.2, 0) is 28.9 Å². The van der Waals surface area contributed by atoms with E-state index in [1.165, 1.54) is 14.2 Å². The van der Waals surface area contributed by atoms with E-state index in [-0.39, 0.29) is 23.4 Å². The molecule has 0 radical (unpaired) electrons. The quantitative estimate of drug-likeness (QED) is 0.658. The number of nitrogens with zero attached hydrogens (tertiary/aromatic N) is 2. The third-order valence-electron chi connectivity index (χ3n) is 5.90. The summed E-state index contributed by atoms with van der Waals surface area (Å²) in [5, 5.41) is 16.0. The van der Waals surface area contributed by atoms with Gasteiger partial charge in [-0.15, -0.1) is 0 Å². The molecule has 2 aliphatic heterocycles. The van der Waals surface area contributed by atoms with Gasteiger partial charge in [0, 0.05) is 31.1 Å². The number of hydrogen-bond donors (Lipinski definition) is 2. The molecule has 0 saturated carbocycles. The number of hydrogen-bond acceptors (Lipinski definition) is 5. The van der Waals surface area contributed by atoms with Gasteiger partial charge in [-0.3, -0.25) is 9.48 Å². The molecule has 180 valence electrons. The van der Waals surface area contributed by atoms with Crippen LogP contribution < -0.4 is 10.1 Å². The first-order valence-electron chi connectivity index (χ1n) is 9.81. The van der Waals surface area contributed by atoms with Gasteiger partial charge < -0.3 is 19.9 Å². The second-order valence-corrected chi connectivity index (χ2v) is 8.00. The number of aryl methyl sites for hydroxylation is 1. The number of rotatable bonds is 4.